The van der Waals surface area contributed by atoms with Gasteiger partial charge >= 0.3 is 0 Å². The van der Waals surface area contributed by atoms with Gasteiger partial charge in [0.1, 0.15) is 5.75 Å². The zero-order valence-electron chi connectivity index (χ0n) is 16.1. The number of benzene rings is 1. The summed E-state index contributed by atoms with van der Waals surface area (Å²) >= 11 is 0. The van der Waals surface area contributed by atoms with E-state index in [-0.39, 0.29) is 30.7 Å². The average Bonchev–Trinajstić information content (AvgIpc) is 3.09. The van der Waals surface area contributed by atoms with Gasteiger partial charge in [0.05, 0.1) is 0 Å². The zero-order chi connectivity index (χ0) is 18.8. The number of carbonyl (C=O) groups excluding carboxylic acids is 1. The van der Waals surface area contributed by atoms with Gasteiger partial charge in [-0.15, -0.1) is 24.8 Å². The van der Waals surface area contributed by atoms with Gasteiger partial charge in [0.2, 0.25) is 5.88 Å². The van der Waals surface area contributed by atoms with E-state index >= 15 is 0 Å². The number of H-pyrrole nitrogens is 1. The second-order valence-electron chi connectivity index (χ2n) is 6.66. The lowest BCUT2D eigenvalue weighted by Crippen LogP contribution is -2.25. The highest BCUT2D eigenvalue weighted by atomic mass is 35.5. The first-order chi connectivity index (χ1) is 13.1. The molecule has 0 unspecified atom stereocenters. The van der Waals surface area contributed by atoms with Crippen LogP contribution in [0.2, 0.25) is 0 Å². The fourth-order valence-corrected chi connectivity index (χ4v) is 3.07. The van der Waals surface area contributed by atoms with Crippen molar-refractivity contribution >= 4 is 36.4 Å². The Kier molecular flexibility index (Phi) is 7.61. The Balaban J connectivity index is 0.00000150. The molecule has 0 spiro atoms. The Labute approximate surface area is 181 Å². The van der Waals surface area contributed by atoms with Crippen molar-refractivity contribution in [3.63, 3.8) is 0 Å². The molecule has 1 aliphatic heterocycles. The molecule has 4 rings (SSSR count). The number of ether oxygens (including phenoxy) is 1. The van der Waals surface area contributed by atoms with Crippen LogP contribution in [0.3, 0.4) is 0 Å². The van der Waals surface area contributed by atoms with Crippen molar-refractivity contribution in [2.45, 2.75) is 26.8 Å². The van der Waals surface area contributed by atoms with Crippen LogP contribution < -0.4 is 15.4 Å². The molecule has 3 N–H and O–H groups in total. The summed E-state index contributed by atoms with van der Waals surface area (Å²) in [6.07, 6.45) is 2.56. The number of amides is 1. The number of nitrogens with zero attached hydrogens (tertiary/aromatic N) is 2. The van der Waals surface area contributed by atoms with Crippen LogP contribution in [-0.2, 0) is 13.0 Å². The van der Waals surface area contributed by atoms with Gasteiger partial charge in [-0.2, -0.15) is 5.10 Å². The highest BCUT2D eigenvalue weighted by Crippen LogP contribution is 2.28. The third kappa shape index (κ3) is 5.06. The van der Waals surface area contributed by atoms with Crippen LogP contribution in [0.15, 0.2) is 36.5 Å². The standard InChI is InChI=1S/C20H21N5O2.2ClH/c1-12-5-8-22-18(9-12)27-17-10-14(4-3-13(17)2)23-20(26)19-15-11-21-7-6-16(15)24-25-19;;/h3-5,8-10,21H,6-7,11H2,1-2H3,(H,23,26)(H,24,25);2*1H. The number of aryl methyl sites for hydroxylation is 2. The minimum Gasteiger partial charge on any atom is -0.439 e. The number of fused-ring (bicyclic) bond motifs is 1. The number of halogens is 2. The van der Waals surface area contributed by atoms with Crippen LogP contribution in [0.5, 0.6) is 11.6 Å². The van der Waals surface area contributed by atoms with Gasteiger partial charge in [-0.05, 0) is 37.1 Å². The fourth-order valence-electron chi connectivity index (χ4n) is 3.07. The van der Waals surface area contributed by atoms with Crippen molar-refractivity contribution < 1.29 is 9.53 Å². The summed E-state index contributed by atoms with van der Waals surface area (Å²) in [6, 6.07) is 9.33. The van der Waals surface area contributed by atoms with Crippen molar-refractivity contribution in [1.82, 2.24) is 20.5 Å². The first kappa shape index (κ1) is 22.7. The third-order valence-electron chi connectivity index (χ3n) is 4.57. The minimum atomic E-state index is -0.236. The first-order valence-electron chi connectivity index (χ1n) is 8.89. The van der Waals surface area contributed by atoms with Crippen LogP contribution in [0.1, 0.15) is 32.9 Å². The lowest BCUT2D eigenvalue weighted by molar-refractivity contribution is 0.102. The molecule has 7 nitrogen and oxygen atoms in total. The Morgan fingerprint density at radius 3 is 2.79 bits per heavy atom. The molecule has 154 valence electrons. The van der Waals surface area contributed by atoms with Gasteiger partial charge in [-0.3, -0.25) is 9.89 Å². The van der Waals surface area contributed by atoms with Crippen molar-refractivity contribution in [2.24, 2.45) is 0 Å². The minimum absolute atomic E-state index is 0. The van der Waals surface area contributed by atoms with Gasteiger partial charge in [0.15, 0.2) is 5.69 Å². The maximum atomic E-state index is 12.7. The molecule has 2 aromatic heterocycles. The van der Waals surface area contributed by atoms with E-state index in [1.165, 1.54) is 0 Å². The van der Waals surface area contributed by atoms with E-state index in [9.17, 15) is 4.79 Å². The molecule has 3 aromatic rings. The number of aromatic nitrogens is 3. The first-order valence-corrected chi connectivity index (χ1v) is 8.89. The molecule has 1 aromatic carbocycles. The fraction of sp³-hybridized carbons (Fsp3) is 0.250. The quantitative estimate of drug-likeness (QED) is 0.576. The van der Waals surface area contributed by atoms with E-state index in [0.717, 1.165) is 35.3 Å². The SMILES string of the molecule is Cc1ccnc(Oc2cc(NC(=O)c3n[nH]c4c3CNCC4)ccc2C)c1.Cl.Cl. The van der Waals surface area contributed by atoms with Crippen LogP contribution in [0.4, 0.5) is 5.69 Å². The van der Waals surface area contributed by atoms with Crippen LogP contribution in [0, 0.1) is 13.8 Å². The number of rotatable bonds is 4. The number of hydrogen-bond donors (Lipinski definition) is 3. The van der Waals surface area contributed by atoms with Crippen molar-refractivity contribution in [3.8, 4) is 11.6 Å². The molecular weight excluding hydrogens is 413 g/mol. The molecule has 0 radical (unpaired) electrons. The predicted octanol–water partition coefficient (Wildman–Crippen LogP) is 3.96. The van der Waals surface area contributed by atoms with Crippen LogP contribution >= 0.6 is 24.8 Å². The second-order valence-corrected chi connectivity index (χ2v) is 6.66. The molecule has 0 atom stereocenters. The highest BCUT2D eigenvalue weighted by Gasteiger charge is 2.21. The number of carbonyl (C=O) groups is 1. The van der Waals surface area contributed by atoms with E-state index in [1.807, 2.05) is 38.1 Å². The van der Waals surface area contributed by atoms with Gasteiger partial charge in [0.25, 0.3) is 5.91 Å². The Morgan fingerprint density at radius 2 is 2.00 bits per heavy atom. The van der Waals surface area contributed by atoms with Crippen LogP contribution in [-0.4, -0.2) is 27.6 Å². The number of hydrogen-bond acceptors (Lipinski definition) is 5. The number of nitrogens with one attached hydrogen (secondary N) is 3. The molecule has 0 aliphatic carbocycles. The van der Waals surface area contributed by atoms with E-state index in [4.69, 9.17) is 4.74 Å². The molecule has 29 heavy (non-hydrogen) atoms. The lowest BCUT2D eigenvalue weighted by Gasteiger charge is -2.13. The number of anilines is 1. The third-order valence-corrected chi connectivity index (χ3v) is 4.57. The topological polar surface area (TPSA) is 91.9 Å². The van der Waals surface area contributed by atoms with Gasteiger partial charge in [0, 0.05) is 54.8 Å². The lowest BCUT2D eigenvalue weighted by atomic mass is 10.1. The summed E-state index contributed by atoms with van der Waals surface area (Å²) in [6.45, 7) is 5.47. The molecule has 0 fully saturated rings. The molecule has 0 saturated carbocycles. The predicted molar refractivity (Wildman–Crippen MR) is 117 cm³/mol. The monoisotopic (exact) mass is 435 g/mol. The Hall–Kier alpha value is -2.61. The molecule has 0 saturated heterocycles. The number of pyridine rings is 1. The normalized spacial score (nSPS) is 12.2. The van der Waals surface area contributed by atoms with Gasteiger partial charge < -0.3 is 15.4 Å². The second kappa shape index (κ2) is 9.73. The van der Waals surface area contributed by atoms with E-state index < -0.39 is 0 Å². The maximum Gasteiger partial charge on any atom is 0.276 e. The summed E-state index contributed by atoms with van der Waals surface area (Å²) in [5.41, 5.74) is 5.06. The number of aromatic amines is 1. The van der Waals surface area contributed by atoms with Gasteiger partial charge in [-0.25, -0.2) is 4.98 Å². The summed E-state index contributed by atoms with van der Waals surface area (Å²) in [5, 5.41) is 13.3. The molecular formula is C20H23Cl2N5O2. The van der Waals surface area contributed by atoms with E-state index in [0.29, 0.717) is 29.6 Å². The Morgan fingerprint density at radius 1 is 1.17 bits per heavy atom. The largest absolute Gasteiger partial charge is 0.439 e. The van der Waals surface area contributed by atoms with E-state index in [2.05, 4.69) is 25.8 Å². The summed E-state index contributed by atoms with van der Waals surface area (Å²) < 4.78 is 5.90. The maximum absolute atomic E-state index is 12.7. The molecule has 9 heteroatoms. The smallest absolute Gasteiger partial charge is 0.276 e. The van der Waals surface area contributed by atoms with Crippen molar-refractivity contribution in [1.29, 1.82) is 0 Å². The Bertz CT molecular complexity index is 1010. The molecule has 0 bridgehead atoms. The highest BCUT2D eigenvalue weighted by molar-refractivity contribution is 6.04. The molecule has 3 heterocycles. The van der Waals surface area contributed by atoms with Gasteiger partial charge in [-0.1, -0.05) is 6.07 Å². The molecule has 1 aliphatic rings. The van der Waals surface area contributed by atoms with Crippen LogP contribution in [0.25, 0.3) is 0 Å². The summed E-state index contributed by atoms with van der Waals surface area (Å²) in [5.74, 6) is 0.935. The summed E-state index contributed by atoms with van der Waals surface area (Å²) in [4.78, 5) is 16.9. The van der Waals surface area contributed by atoms with Crippen molar-refractivity contribution in [2.75, 3.05) is 11.9 Å². The van der Waals surface area contributed by atoms with Crippen molar-refractivity contribution in [3.05, 3.63) is 64.6 Å². The molecule has 1 amide bonds. The zero-order valence-corrected chi connectivity index (χ0v) is 17.7. The average molecular weight is 436 g/mol. The van der Waals surface area contributed by atoms with E-state index in [1.54, 1.807) is 12.3 Å². The summed E-state index contributed by atoms with van der Waals surface area (Å²) in [7, 11) is 0.